The van der Waals surface area contributed by atoms with Gasteiger partial charge in [-0.25, -0.2) is 15.0 Å². The molecule has 0 amide bonds. The van der Waals surface area contributed by atoms with Crippen LogP contribution in [0.4, 0.5) is 43.9 Å². The maximum atomic E-state index is 14.0. The molecule has 16 heteroatoms. The number of rotatable bonds is 6. The summed E-state index contributed by atoms with van der Waals surface area (Å²) in [4.78, 5) is 12.0. The van der Waals surface area contributed by atoms with Crippen molar-refractivity contribution in [3.05, 3.63) is 106 Å². The molecule has 0 saturated heterocycles. The van der Waals surface area contributed by atoms with Crippen LogP contribution in [0.1, 0.15) is 22.8 Å². The fourth-order valence-electron chi connectivity index (χ4n) is 4.64. The topological polar surface area (TPSA) is 51.6 Å². The number of alkyl halides is 10. The number of hydrogen-bond donors (Lipinski definition) is 0. The Labute approximate surface area is 288 Å². The molecule has 48 heavy (non-hydrogen) atoms. The third-order valence-electron chi connectivity index (χ3n) is 6.86. The molecule has 0 aliphatic heterocycles. The Hall–Kier alpha value is -3.75. The molecule has 0 bridgehead atoms. The largest absolute Gasteiger partial charge is 0.461 e. The maximum absolute atomic E-state index is 14.0. The minimum absolute atomic E-state index is 0. The van der Waals surface area contributed by atoms with Gasteiger partial charge < -0.3 is 4.98 Å². The smallest absolute Gasteiger partial charge is 0.304 e. The summed E-state index contributed by atoms with van der Waals surface area (Å²) in [5, 5.41) is 0. The van der Waals surface area contributed by atoms with Crippen LogP contribution in [0, 0.1) is 19.9 Å². The molecule has 4 nitrogen and oxygen atoms in total. The van der Waals surface area contributed by atoms with E-state index >= 15 is 0 Å². The number of halogens is 11. The minimum Gasteiger partial charge on any atom is -0.304 e. The molecule has 0 aliphatic rings. The van der Waals surface area contributed by atoms with E-state index in [1.807, 2.05) is 38.1 Å². The Morgan fingerprint density at radius 3 is 1.65 bits per heavy atom. The summed E-state index contributed by atoms with van der Waals surface area (Å²) in [5.41, 5.74) is 5.78. The van der Waals surface area contributed by atoms with Crippen molar-refractivity contribution in [3.8, 4) is 44.9 Å². The molecule has 0 unspecified atom stereocenters. The molecular weight excluding hydrogens is 902 g/mol. The van der Waals surface area contributed by atoms with Crippen LogP contribution in [0.2, 0.25) is 0 Å². The number of aryl methyl sites for hydroxylation is 2. The van der Waals surface area contributed by atoms with Crippen molar-refractivity contribution in [2.24, 2.45) is 0 Å². The van der Waals surface area contributed by atoms with Gasteiger partial charge in [0, 0.05) is 31.9 Å². The molecule has 0 atom stereocenters. The van der Waals surface area contributed by atoms with Gasteiger partial charge in [-0.15, -0.1) is 23.8 Å². The van der Waals surface area contributed by atoms with Crippen molar-refractivity contribution in [2.75, 3.05) is 0 Å². The summed E-state index contributed by atoms with van der Waals surface area (Å²) in [6, 6.07) is 22.4. The molecule has 2 heterocycles. The van der Waals surface area contributed by atoms with Crippen LogP contribution >= 0.6 is 15.9 Å². The van der Waals surface area contributed by atoms with Crippen LogP contribution in [0.3, 0.4) is 0 Å². The second-order valence-electron chi connectivity index (χ2n) is 10.4. The van der Waals surface area contributed by atoms with Crippen LogP contribution in [0.15, 0.2) is 77.4 Å². The Morgan fingerprint density at radius 1 is 0.625 bits per heavy atom. The van der Waals surface area contributed by atoms with Crippen LogP contribution in [0.25, 0.3) is 44.9 Å². The first-order valence-corrected chi connectivity index (χ1v) is 14.1. The monoisotopic (exact) mass is 920 g/mol. The fourth-order valence-corrected chi connectivity index (χ4v) is 5.20. The van der Waals surface area contributed by atoms with Gasteiger partial charge in [-0.2, -0.15) is 43.9 Å². The number of benzene rings is 3. The first-order chi connectivity index (χ1) is 21.8. The summed E-state index contributed by atoms with van der Waals surface area (Å²) in [7, 11) is 0. The van der Waals surface area contributed by atoms with Crippen molar-refractivity contribution in [1.82, 2.24) is 19.9 Å². The quantitative estimate of drug-likeness (QED) is 0.126. The van der Waals surface area contributed by atoms with Crippen molar-refractivity contribution < 1.29 is 64.0 Å². The number of hydrogen-bond acceptors (Lipinski definition) is 4. The average Bonchev–Trinajstić information content (AvgIpc) is 2.99. The standard InChI is InChI=1S/C32H18BrF10N4.Ir/c1-16-11-17(2)13-20(12-16)21-5-3-4-6-22(21)23-9-7-18(14-24(23)33)25-10-8-19(15-44-25)26-45-27(29(34,35)31(38,39)40)47-28(46-26)30(36,37)32(41,42)43;/h3-6,8-15H,1-2H3;/q-1;. The van der Waals surface area contributed by atoms with Gasteiger partial charge in [-0.1, -0.05) is 97.3 Å². The molecule has 253 valence electrons. The first-order valence-electron chi connectivity index (χ1n) is 13.3. The zero-order valence-electron chi connectivity index (χ0n) is 24.2. The number of pyridine rings is 1. The SMILES string of the molecule is Cc1cc(C)cc(-c2ccccc2-c2c[c-]c(-c3ccc(-c4nc(C(F)(F)C(F)(F)F)nc(C(F)(F)C(F)(F)F)n4)cn3)cc2Br)c1.[Ir]. The van der Waals surface area contributed by atoms with Gasteiger partial charge in [0.1, 0.15) is 0 Å². The summed E-state index contributed by atoms with van der Waals surface area (Å²) >= 11 is 3.55. The van der Waals surface area contributed by atoms with Crippen molar-refractivity contribution >= 4 is 15.9 Å². The van der Waals surface area contributed by atoms with E-state index in [1.165, 1.54) is 6.07 Å². The molecule has 0 N–H and O–H groups in total. The van der Waals surface area contributed by atoms with Gasteiger partial charge in [-0.05, 0) is 30.7 Å². The second-order valence-corrected chi connectivity index (χ2v) is 11.3. The van der Waals surface area contributed by atoms with Crippen LogP contribution in [-0.4, -0.2) is 32.3 Å². The van der Waals surface area contributed by atoms with Gasteiger partial charge >= 0.3 is 24.2 Å². The van der Waals surface area contributed by atoms with Crippen LogP contribution in [0.5, 0.6) is 0 Å². The maximum Gasteiger partial charge on any atom is 0.461 e. The van der Waals surface area contributed by atoms with Crippen molar-refractivity contribution in [3.63, 3.8) is 0 Å². The van der Waals surface area contributed by atoms with Gasteiger partial charge in [0.25, 0.3) is 0 Å². The van der Waals surface area contributed by atoms with Crippen molar-refractivity contribution in [2.45, 2.75) is 38.0 Å². The third-order valence-corrected chi connectivity index (χ3v) is 7.51. The molecule has 5 aromatic rings. The normalized spacial score (nSPS) is 12.5. The first kappa shape index (κ1) is 37.1. The Morgan fingerprint density at radius 2 is 1.17 bits per heavy atom. The minimum atomic E-state index is -6.41. The van der Waals surface area contributed by atoms with Crippen LogP contribution < -0.4 is 0 Å². The van der Waals surface area contributed by atoms with Crippen molar-refractivity contribution in [1.29, 1.82) is 0 Å². The Balaban J connectivity index is 0.00000520. The van der Waals surface area contributed by atoms with Gasteiger partial charge in [-0.3, -0.25) is 0 Å². The number of nitrogens with zero attached hydrogens (tertiary/aromatic N) is 4. The predicted octanol–water partition coefficient (Wildman–Crippen LogP) is 10.4. The average molecular weight is 921 g/mol. The predicted molar refractivity (Wildman–Crippen MR) is 155 cm³/mol. The van der Waals surface area contributed by atoms with Crippen LogP contribution in [-0.2, 0) is 32.0 Å². The van der Waals surface area contributed by atoms with E-state index in [0.29, 0.717) is 10.0 Å². The zero-order valence-corrected chi connectivity index (χ0v) is 28.2. The van der Waals surface area contributed by atoms with E-state index in [0.717, 1.165) is 45.6 Å². The molecule has 1 radical (unpaired) electrons. The summed E-state index contributed by atoms with van der Waals surface area (Å²) < 4.78 is 135. The molecule has 0 fully saturated rings. The fraction of sp³-hybridized carbons (Fsp3) is 0.188. The van der Waals surface area contributed by atoms with Gasteiger partial charge in [0.05, 0.1) is 0 Å². The molecule has 5 rings (SSSR count). The van der Waals surface area contributed by atoms with E-state index in [9.17, 15) is 43.9 Å². The van der Waals surface area contributed by atoms with E-state index in [4.69, 9.17) is 0 Å². The second kappa shape index (κ2) is 13.3. The molecule has 0 saturated carbocycles. The summed E-state index contributed by atoms with van der Waals surface area (Å²) in [5.74, 6) is -18.5. The van der Waals surface area contributed by atoms with Gasteiger partial charge in [0.2, 0.25) is 11.6 Å². The molecular formula is C32H18BrF10IrN4-. The van der Waals surface area contributed by atoms with E-state index in [2.05, 4.69) is 60.1 Å². The summed E-state index contributed by atoms with van der Waals surface area (Å²) in [6.07, 6.45) is -12.0. The van der Waals surface area contributed by atoms with E-state index in [-0.39, 0.29) is 25.8 Å². The molecule has 2 aromatic heterocycles. The molecule has 0 aliphatic carbocycles. The summed E-state index contributed by atoms with van der Waals surface area (Å²) in [6.45, 7) is 3.98. The van der Waals surface area contributed by atoms with Gasteiger partial charge in [0.15, 0.2) is 5.82 Å². The Bertz CT molecular complexity index is 1900. The Kier molecular flexibility index (Phi) is 10.3. The number of aromatic nitrogens is 4. The molecule has 0 spiro atoms. The van der Waals surface area contributed by atoms with E-state index in [1.54, 1.807) is 12.1 Å². The molecule has 3 aromatic carbocycles. The third kappa shape index (κ3) is 7.15. The zero-order chi connectivity index (χ0) is 34.5. The van der Waals surface area contributed by atoms with E-state index < -0.39 is 47.2 Å².